The molecule has 3 aromatic rings. The van der Waals surface area contributed by atoms with Gasteiger partial charge < -0.3 is 5.11 Å². The number of carbonyl (C=O) groups is 1. The molecule has 0 amide bonds. The molecule has 1 atom stereocenters. The fourth-order valence-corrected chi connectivity index (χ4v) is 3.97. The van der Waals surface area contributed by atoms with Gasteiger partial charge in [0.1, 0.15) is 6.04 Å². The van der Waals surface area contributed by atoms with Gasteiger partial charge in [0.25, 0.3) is 0 Å². The van der Waals surface area contributed by atoms with Crippen LogP contribution in [0.5, 0.6) is 0 Å². The summed E-state index contributed by atoms with van der Waals surface area (Å²) >= 11 is 0. The molecule has 5 nitrogen and oxygen atoms in total. The highest BCUT2D eigenvalue weighted by Crippen LogP contribution is 2.19. The molecule has 128 valence electrons. The first kappa shape index (κ1) is 17.1. The van der Waals surface area contributed by atoms with Crippen LogP contribution in [0.1, 0.15) is 17.2 Å². The summed E-state index contributed by atoms with van der Waals surface area (Å²) in [7, 11) is -3.83. The Balaban J connectivity index is 1.83. The van der Waals surface area contributed by atoms with Gasteiger partial charge in [-0.1, -0.05) is 72.8 Å². The molecule has 0 fully saturated rings. The zero-order valence-electron chi connectivity index (χ0n) is 13.3. The summed E-state index contributed by atoms with van der Waals surface area (Å²) in [5.41, 5.74) is 0.987. The number of sulfonamides is 1. The molecular weight excluding hydrogens is 338 g/mol. The molecule has 0 heterocycles. The van der Waals surface area contributed by atoms with Gasteiger partial charge in [-0.05, 0) is 21.9 Å². The lowest BCUT2D eigenvalue weighted by atomic mass is 10.1. The second-order valence-corrected chi connectivity index (χ2v) is 7.49. The first-order valence-electron chi connectivity index (χ1n) is 7.70. The molecular formula is C19H17NO4S. The average molecular weight is 355 g/mol. The molecule has 0 bridgehead atoms. The SMILES string of the molecule is O=C(O)C(NS(=O)(=O)Cc1ccc2ccccc2c1)c1ccccc1. The Hall–Kier alpha value is -2.70. The molecule has 0 aliphatic rings. The molecule has 0 aromatic heterocycles. The van der Waals surface area contributed by atoms with E-state index in [1.807, 2.05) is 30.3 Å². The third kappa shape index (κ3) is 4.23. The van der Waals surface area contributed by atoms with Crippen molar-refractivity contribution >= 4 is 26.8 Å². The number of carboxylic acids is 1. The maximum Gasteiger partial charge on any atom is 0.326 e. The highest BCUT2D eigenvalue weighted by molar-refractivity contribution is 7.88. The number of carboxylic acid groups (broad SMARTS) is 1. The minimum Gasteiger partial charge on any atom is -0.480 e. The van der Waals surface area contributed by atoms with Crippen molar-refractivity contribution in [2.24, 2.45) is 0 Å². The van der Waals surface area contributed by atoms with Crippen molar-refractivity contribution in [3.63, 3.8) is 0 Å². The number of benzene rings is 3. The van der Waals surface area contributed by atoms with Gasteiger partial charge in [-0.25, -0.2) is 8.42 Å². The summed E-state index contributed by atoms with van der Waals surface area (Å²) in [4.78, 5) is 11.5. The monoisotopic (exact) mass is 355 g/mol. The number of nitrogens with one attached hydrogen (secondary N) is 1. The highest BCUT2D eigenvalue weighted by atomic mass is 32.2. The first-order chi connectivity index (χ1) is 11.9. The van der Waals surface area contributed by atoms with E-state index in [4.69, 9.17) is 0 Å². The lowest BCUT2D eigenvalue weighted by Crippen LogP contribution is -2.34. The van der Waals surface area contributed by atoms with Gasteiger partial charge in [-0.15, -0.1) is 0 Å². The number of hydrogen-bond acceptors (Lipinski definition) is 3. The smallest absolute Gasteiger partial charge is 0.326 e. The molecule has 0 radical (unpaired) electrons. The Labute approximate surface area is 146 Å². The predicted octanol–water partition coefficient (Wildman–Crippen LogP) is 3.09. The predicted molar refractivity (Wildman–Crippen MR) is 96.5 cm³/mol. The molecule has 6 heteroatoms. The van der Waals surface area contributed by atoms with Gasteiger partial charge in [0.05, 0.1) is 5.75 Å². The minimum absolute atomic E-state index is 0.283. The Morgan fingerprint density at radius 3 is 2.24 bits per heavy atom. The third-order valence-electron chi connectivity index (χ3n) is 3.85. The molecule has 2 N–H and O–H groups in total. The van der Waals surface area contributed by atoms with E-state index < -0.39 is 22.0 Å². The molecule has 0 aliphatic carbocycles. The van der Waals surface area contributed by atoms with E-state index >= 15 is 0 Å². The van der Waals surface area contributed by atoms with Crippen molar-refractivity contribution in [3.8, 4) is 0 Å². The topological polar surface area (TPSA) is 83.5 Å². The van der Waals surface area contributed by atoms with E-state index in [9.17, 15) is 18.3 Å². The first-order valence-corrected chi connectivity index (χ1v) is 9.35. The van der Waals surface area contributed by atoms with Crippen LogP contribution in [0.4, 0.5) is 0 Å². The van der Waals surface area contributed by atoms with Gasteiger partial charge >= 0.3 is 5.97 Å². The minimum atomic E-state index is -3.83. The number of rotatable bonds is 6. The van der Waals surface area contributed by atoms with Crippen LogP contribution >= 0.6 is 0 Å². The van der Waals surface area contributed by atoms with Crippen molar-refractivity contribution < 1.29 is 18.3 Å². The zero-order valence-corrected chi connectivity index (χ0v) is 14.1. The summed E-state index contributed by atoms with van der Waals surface area (Å²) in [5.74, 6) is -1.53. The second-order valence-electron chi connectivity index (χ2n) is 5.74. The summed E-state index contributed by atoms with van der Waals surface area (Å²) < 4.78 is 27.2. The number of fused-ring (bicyclic) bond motifs is 1. The fourth-order valence-electron chi connectivity index (χ4n) is 2.68. The van der Waals surface area contributed by atoms with Crippen LogP contribution in [0.15, 0.2) is 72.8 Å². The van der Waals surface area contributed by atoms with Crippen LogP contribution in [-0.2, 0) is 20.6 Å². The number of aliphatic carboxylic acids is 1. The van der Waals surface area contributed by atoms with E-state index in [0.29, 0.717) is 11.1 Å². The lowest BCUT2D eigenvalue weighted by molar-refractivity contribution is -0.139. The van der Waals surface area contributed by atoms with Crippen LogP contribution in [0.3, 0.4) is 0 Å². The molecule has 0 saturated carbocycles. The molecule has 0 aliphatic heterocycles. The van der Waals surface area contributed by atoms with Gasteiger partial charge in [0.2, 0.25) is 10.0 Å². The third-order valence-corrected chi connectivity index (χ3v) is 5.16. The quantitative estimate of drug-likeness (QED) is 0.712. The van der Waals surface area contributed by atoms with Gasteiger partial charge in [0.15, 0.2) is 0 Å². The van der Waals surface area contributed by atoms with Crippen molar-refractivity contribution in [3.05, 3.63) is 83.9 Å². The second kappa shape index (κ2) is 7.04. The van der Waals surface area contributed by atoms with Gasteiger partial charge in [-0.3, -0.25) is 4.79 Å². The Kier molecular flexibility index (Phi) is 4.83. The van der Waals surface area contributed by atoms with Crippen molar-refractivity contribution in [2.75, 3.05) is 0 Å². The van der Waals surface area contributed by atoms with E-state index in [1.165, 1.54) is 0 Å². The Bertz CT molecular complexity index is 1000. The Morgan fingerprint density at radius 2 is 1.56 bits per heavy atom. The highest BCUT2D eigenvalue weighted by Gasteiger charge is 2.25. The van der Waals surface area contributed by atoms with Crippen LogP contribution in [0.2, 0.25) is 0 Å². The van der Waals surface area contributed by atoms with E-state index in [2.05, 4.69) is 4.72 Å². The van der Waals surface area contributed by atoms with Crippen molar-refractivity contribution in [2.45, 2.75) is 11.8 Å². The summed E-state index contributed by atoms with van der Waals surface area (Å²) in [6.45, 7) is 0. The van der Waals surface area contributed by atoms with Gasteiger partial charge in [0, 0.05) is 0 Å². The largest absolute Gasteiger partial charge is 0.480 e. The summed E-state index contributed by atoms with van der Waals surface area (Å²) in [5, 5.41) is 11.3. The molecule has 3 aromatic carbocycles. The van der Waals surface area contributed by atoms with E-state index in [-0.39, 0.29) is 5.75 Å². The lowest BCUT2D eigenvalue weighted by Gasteiger charge is -2.15. The van der Waals surface area contributed by atoms with Crippen LogP contribution in [0.25, 0.3) is 10.8 Å². The summed E-state index contributed by atoms with van der Waals surface area (Å²) in [6, 6.07) is 20.0. The zero-order chi connectivity index (χ0) is 17.9. The normalized spacial score (nSPS) is 12.8. The maximum absolute atomic E-state index is 12.4. The van der Waals surface area contributed by atoms with E-state index in [1.54, 1.807) is 42.5 Å². The Morgan fingerprint density at radius 1 is 0.920 bits per heavy atom. The van der Waals surface area contributed by atoms with E-state index in [0.717, 1.165) is 10.8 Å². The van der Waals surface area contributed by atoms with Crippen LogP contribution in [0, 0.1) is 0 Å². The summed E-state index contributed by atoms with van der Waals surface area (Å²) in [6.07, 6.45) is 0. The molecule has 0 spiro atoms. The van der Waals surface area contributed by atoms with Crippen LogP contribution in [-0.4, -0.2) is 19.5 Å². The average Bonchev–Trinajstić information content (AvgIpc) is 2.60. The molecule has 25 heavy (non-hydrogen) atoms. The molecule has 0 saturated heterocycles. The molecule has 3 rings (SSSR count). The number of hydrogen-bond donors (Lipinski definition) is 2. The maximum atomic E-state index is 12.4. The fraction of sp³-hybridized carbons (Fsp3) is 0.105. The van der Waals surface area contributed by atoms with Crippen LogP contribution < -0.4 is 4.72 Å². The van der Waals surface area contributed by atoms with Crippen molar-refractivity contribution in [1.29, 1.82) is 0 Å². The van der Waals surface area contributed by atoms with Gasteiger partial charge in [-0.2, -0.15) is 4.72 Å². The van der Waals surface area contributed by atoms with Crippen molar-refractivity contribution in [1.82, 2.24) is 4.72 Å². The standard InChI is InChI=1S/C19H17NO4S/c21-19(22)18(16-7-2-1-3-8-16)20-25(23,24)13-14-10-11-15-6-4-5-9-17(15)12-14/h1-12,18,20H,13H2,(H,21,22). The molecule has 1 unspecified atom stereocenters.